The van der Waals surface area contributed by atoms with Crippen LogP contribution >= 0.6 is 0 Å². The van der Waals surface area contributed by atoms with Crippen LogP contribution in [0.1, 0.15) is 0 Å². The van der Waals surface area contributed by atoms with Crippen molar-refractivity contribution in [2.45, 2.75) is 0 Å². The summed E-state index contributed by atoms with van der Waals surface area (Å²) in [6.07, 6.45) is 2.38. The number of hydrogen-bond donors (Lipinski definition) is 0. The smallest absolute Gasteiger partial charge is 0.232 e. The Balaban J connectivity index is 1.70. The first-order valence-electron chi connectivity index (χ1n) is 10.7. The number of anilines is 2. The molecule has 0 unspecified atom stereocenters. The zero-order valence-electron chi connectivity index (χ0n) is 18.2. The number of carbonyl (C=O) groups excluding carboxylic acids is 1. The molecule has 0 atom stereocenters. The maximum absolute atomic E-state index is 11.1. The molecule has 1 saturated heterocycles. The van der Waals surface area contributed by atoms with E-state index < -0.39 is 0 Å². The van der Waals surface area contributed by atoms with Gasteiger partial charge < -0.3 is 19.1 Å². The Labute approximate surface area is 186 Å². The van der Waals surface area contributed by atoms with E-state index in [1.54, 1.807) is 13.4 Å². The lowest BCUT2D eigenvalue weighted by atomic mass is 9.99. The zero-order chi connectivity index (χ0) is 22.1. The van der Waals surface area contributed by atoms with Crippen molar-refractivity contribution in [3.63, 3.8) is 0 Å². The lowest BCUT2D eigenvalue weighted by molar-refractivity contribution is -0.107. The molecule has 3 heterocycles. The van der Waals surface area contributed by atoms with Gasteiger partial charge in [0.05, 0.1) is 5.39 Å². The minimum absolute atomic E-state index is 0.580. The molecule has 7 heteroatoms. The van der Waals surface area contributed by atoms with Crippen molar-refractivity contribution < 1.29 is 9.21 Å². The van der Waals surface area contributed by atoms with Crippen LogP contribution < -0.4 is 9.80 Å². The van der Waals surface area contributed by atoms with Crippen LogP contribution in [-0.4, -0.2) is 61.6 Å². The molecular weight excluding hydrogens is 402 g/mol. The fourth-order valence-electron chi connectivity index (χ4n) is 4.17. The standard InChI is InChI=1S/C25H25N5O2/c1-28-12-14-30(15-13-28)24-22-21(18-6-4-3-5-7-18)23(32-25(22)27-16-26-24)19-8-10-20(11-9-19)29(2)17-31/h3-11,16-17H,12-15H2,1-2H3. The van der Waals surface area contributed by atoms with E-state index in [9.17, 15) is 4.79 Å². The van der Waals surface area contributed by atoms with Gasteiger partial charge in [0, 0.05) is 50.0 Å². The predicted octanol–water partition coefficient (Wildman–Crippen LogP) is 3.90. The van der Waals surface area contributed by atoms with Crippen LogP contribution in [-0.2, 0) is 4.79 Å². The average molecular weight is 428 g/mol. The predicted molar refractivity (Wildman–Crippen MR) is 127 cm³/mol. The number of benzene rings is 2. The Morgan fingerprint density at radius 2 is 1.66 bits per heavy atom. The van der Waals surface area contributed by atoms with Gasteiger partial charge >= 0.3 is 0 Å². The number of amides is 1. The molecule has 1 fully saturated rings. The molecule has 1 aliphatic heterocycles. The number of carbonyl (C=O) groups is 1. The van der Waals surface area contributed by atoms with Crippen molar-refractivity contribution in [3.8, 4) is 22.5 Å². The topological polar surface area (TPSA) is 65.7 Å². The second-order valence-corrected chi connectivity index (χ2v) is 8.10. The monoisotopic (exact) mass is 427 g/mol. The number of likely N-dealkylation sites (N-methyl/N-ethyl adjacent to an activating group) is 1. The van der Waals surface area contributed by atoms with Crippen molar-refractivity contribution in [1.29, 1.82) is 0 Å². The molecule has 32 heavy (non-hydrogen) atoms. The summed E-state index contributed by atoms with van der Waals surface area (Å²) in [5.74, 6) is 1.66. The molecule has 1 aliphatic rings. The van der Waals surface area contributed by atoms with Gasteiger partial charge in [-0.25, -0.2) is 9.97 Å². The Bertz CT molecular complexity index is 1230. The Kier molecular flexibility index (Phi) is 5.33. The molecule has 2 aromatic carbocycles. The van der Waals surface area contributed by atoms with Gasteiger partial charge in [-0.1, -0.05) is 30.3 Å². The van der Waals surface area contributed by atoms with Crippen LogP contribution in [0.15, 0.2) is 65.3 Å². The summed E-state index contributed by atoms with van der Waals surface area (Å²) in [6.45, 7) is 3.79. The first kappa shape index (κ1) is 20.2. The Morgan fingerprint density at radius 3 is 2.34 bits per heavy atom. The van der Waals surface area contributed by atoms with Gasteiger partial charge in [-0.2, -0.15) is 0 Å². The molecule has 0 saturated carbocycles. The fourth-order valence-corrected chi connectivity index (χ4v) is 4.17. The van der Waals surface area contributed by atoms with E-state index in [1.807, 2.05) is 42.5 Å². The van der Waals surface area contributed by atoms with Crippen LogP contribution in [0.3, 0.4) is 0 Å². The van der Waals surface area contributed by atoms with Gasteiger partial charge in [0.15, 0.2) is 0 Å². The third-order valence-corrected chi connectivity index (χ3v) is 6.03. The van der Waals surface area contributed by atoms with Crippen LogP contribution in [0.25, 0.3) is 33.6 Å². The first-order chi connectivity index (χ1) is 15.7. The van der Waals surface area contributed by atoms with Crippen molar-refractivity contribution >= 4 is 29.0 Å². The van der Waals surface area contributed by atoms with Crippen LogP contribution in [0.2, 0.25) is 0 Å². The van der Waals surface area contributed by atoms with Crippen LogP contribution in [0, 0.1) is 0 Å². The number of aromatic nitrogens is 2. The highest BCUT2D eigenvalue weighted by molar-refractivity contribution is 6.06. The minimum atomic E-state index is 0.580. The summed E-state index contributed by atoms with van der Waals surface area (Å²) in [7, 11) is 3.88. The number of piperazine rings is 1. The van der Waals surface area contributed by atoms with Crippen molar-refractivity contribution in [2.24, 2.45) is 0 Å². The van der Waals surface area contributed by atoms with Gasteiger partial charge in [-0.3, -0.25) is 4.79 Å². The van der Waals surface area contributed by atoms with E-state index in [0.29, 0.717) is 5.71 Å². The van der Waals surface area contributed by atoms with E-state index in [0.717, 1.165) is 71.9 Å². The number of rotatable bonds is 5. The summed E-state index contributed by atoms with van der Waals surface area (Å²) < 4.78 is 6.35. The summed E-state index contributed by atoms with van der Waals surface area (Å²) >= 11 is 0. The number of hydrogen-bond acceptors (Lipinski definition) is 6. The van der Waals surface area contributed by atoms with Gasteiger partial charge in [0.25, 0.3) is 0 Å². The molecule has 0 N–H and O–H groups in total. The minimum Gasteiger partial charge on any atom is -0.437 e. The average Bonchev–Trinajstić information content (AvgIpc) is 3.24. The van der Waals surface area contributed by atoms with Gasteiger partial charge in [-0.05, 0) is 36.9 Å². The lowest BCUT2D eigenvalue weighted by Crippen LogP contribution is -2.44. The van der Waals surface area contributed by atoms with Gasteiger partial charge in [0.1, 0.15) is 17.9 Å². The highest BCUT2D eigenvalue weighted by Crippen LogP contribution is 2.43. The van der Waals surface area contributed by atoms with E-state index in [2.05, 4.69) is 38.9 Å². The summed E-state index contributed by atoms with van der Waals surface area (Å²) in [5.41, 5.74) is 4.37. The third-order valence-electron chi connectivity index (χ3n) is 6.03. The fraction of sp³-hybridized carbons (Fsp3) is 0.240. The highest BCUT2D eigenvalue weighted by atomic mass is 16.3. The molecule has 7 nitrogen and oxygen atoms in total. The molecular formula is C25H25N5O2. The third kappa shape index (κ3) is 3.61. The molecule has 5 rings (SSSR count). The maximum Gasteiger partial charge on any atom is 0.232 e. The summed E-state index contributed by atoms with van der Waals surface area (Å²) in [4.78, 5) is 26.5. The molecule has 2 aromatic heterocycles. The first-order valence-corrected chi connectivity index (χ1v) is 10.7. The Morgan fingerprint density at radius 1 is 0.938 bits per heavy atom. The summed E-state index contributed by atoms with van der Waals surface area (Å²) in [6, 6.07) is 18.0. The molecule has 1 amide bonds. The second kappa shape index (κ2) is 8.43. The van der Waals surface area contributed by atoms with Gasteiger partial charge in [0.2, 0.25) is 12.1 Å². The van der Waals surface area contributed by atoms with Crippen molar-refractivity contribution in [2.75, 3.05) is 50.1 Å². The quantitative estimate of drug-likeness (QED) is 0.450. The maximum atomic E-state index is 11.1. The van der Waals surface area contributed by atoms with E-state index in [4.69, 9.17) is 4.42 Å². The second-order valence-electron chi connectivity index (χ2n) is 8.10. The highest BCUT2D eigenvalue weighted by Gasteiger charge is 2.26. The largest absolute Gasteiger partial charge is 0.437 e. The normalized spacial score (nSPS) is 14.6. The van der Waals surface area contributed by atoms with Gasteiger partial charge in [-0.15, -0.1) is 0 Å². The number of nitrogens with zero attached hydrogens (tertiary/aromatic N) is 5. The van der Waals surface area contributed by atoms with Crippen molar-refractivity contribution in [1.82, 2.24) is 14.9 Å². The number of fused-ring (bicyclic) bond motifs is 1. The molecule has 0 spiro atoms. The molecule has 0 radical (unpaired) electrons. The Hall–Kier alpha value is -3.71. The molecule has 4 aromatic rings. The van der Waals surface area contributed by atoms with E-state index in [-0.39, 0.29) is 0 Å². The summed E-state index contributed by atoms with van der Waals surface area (Å²) in [5, 5.41) is 0.937. The SMILES string of the molecule is CN1CCN(c2ncnc3oc(-c4ccc(N(C)C=O)cc4)c(-c4ccccc4)c23)CC1. The van der Waals surface area contributed by atoms with E-state index >= 15 is 0 Å². The molecule has 162 valence electrons. The zero-order valence-corrected chi connectivity index (χ0v) is 18.2. The van der Waals surface area contributed by atoms with Crippen LogP contribution in [0.5, 0.6) is 0 Å². The lowest BCUT2D eigenvalue weighted by Gasteiger charge is -2.33. The molecule has 0 aliphatic carbocycles. The van der Waals surface area contributed by atoms with Crippen molar-refractivity contribution in [3.05, 3.63) is 60.9 Å². The van der Waals surface area contributed by atoms with E-state index in [1.165, 1.54) is 4.90 Å². The molecule has 0 bridgehead atoms. The van der Waals surface area contributed by atoms with Crippen LogP contribution in [0.4, 0.5) is 11.5 Å². The number of furan rings is 1.